The summed E-state index contributed by atoms with van der Waals surface area (Å²) >= 11 is 0. The van der Waals surface area contributed by atoms with Crippen LogP contribution in [0.15, 0.2) is 24.3 Å². The van der Waals surface area contributed by atoms with E-state index < -0.39 is 0 Å². The molecule has 1 saturated heterocycles. The zero-order chi connectivity index (χ0) is 14.9. The lowest BCUT2D eigenvalue weighted by atomic mass is 10.1. The molecule has 2 fully saturated rings. The fourth-order valence-electron chi connectivity index (χ4n) is 2.98. The molecular formula is C17H24N2O2. The van der Waals surface area contributed by atoms with E-state index in [0.29, 0.717) is 0 Å². The van der Waals surface area contributed by atoms with Gasteiger partial charge >= 0.3 is 0 Å². The Morgan fingerprint density at radius 2 is 1.95 bits per heavy atom. The second kappa shape index (κ2) is 5.68. The Labute approximate surface area is 126 Å². The van der Waals surface area contributed by atoms with Crippen LogP contribution in [0.1, 0.15) is 51.3 Å². The molecule has 1 aliphatic carbocycles. The molecule has 1 N–H and O–H groups in total. The summed E-state index contributed by atoms with van der Waals surface area (Å²) in [5, 5.41) is 3.54. The number of benzene rings is 1. The maximum atomic E-state index is 12.5. The molecule has 1 heterocycles. The zero-order valence-corrected chi connectivity index (χ0v) is 12.9. The molecule has 1 amide bonds. The van der Waals surface area contributed by atoms with Gasteiger partial charge in [-0.05, 0) is 43.4 Å². The molecule has 21 heavy (non-hydrogen) atoms. The Balaban J connectivity index is 1.76. The van der Waals surface area contributed by atoms with Crippen LogP contribution in [0.5, 0.6) is 5.75 Å². The molecule has 1 aromatic rings. The van der Waals surface area contributed by atoms with Crippen molar-refractivity contribution in [1.29, 1.82) is 0 Å². The van der Waals surface area contributed by atoms with E-state index in [9.17, 15) is 4.79 Å². The molecule has 114 valence electrons. The lowest BCUT2D eigenvalue weighted by Gasteiger charge is -2.24. The minimum absolute atomic E-state index is 0.0141. The fraction of sp³-hybridized carbons (Fsp3) is 0.588. The predicted octanol–water partition coefficient (Wildman–Crippen LogP) is 2.85. The first-order valence-electron chi connectivity index (χ1n) is 8.01. The molecule has 1 unspecified atom stereocenters. The van der Waals surface area contributed by atoms with E-state index in [1.54, 1.807) is 0 Å². The summed E-state index contributed by atoms with van der Waals surface area (Å²) in [7, 11) is 0. The van der Waals surface area contributed by atoms with Gasteiger partial charge in [0.15, 0.2) is 0 Å². The van der Waals surface area contributed by atoms with Crippen molar-refractivity contribution in [3.05, 3.63) is 29.8 Å². The van der Waals surface area contributed by atoms with Gasteiger partial charge in [0, 0.05) is 6.54 Å². The third-order valence-electron chi connectivity index (χ3n) is 4.28. The molecular weight excluding hydrogens is 264 g/mol. The van der Waals surface area contributed by atoms with Gasteiger partial charge in [0.05, 0.1) is 6.61 Å². The number of rotatable bonds is 6. The van der Waals surface area contributed by atoms with Crippen molar-refractivity contribution in [1.82, 2.24) is 10.2 Å². The number of ether oxygens (including phenoxy) is 1. The van der Waals surface area contributed by atoms with Gasteiger partial charge in [-0.15, -0.1) is 0 Å². The molecule has 1 saturated carbocycles. The number of hydrogen-bond acceptors (Lipinski definition) is 3. The number of amides is 1. The highest BCUT2D eigenvalue weighted by atomic mass is 16.5. The highest BCUT2D eigenvalue weighted by molar-refractivity contribution is 5.92. The minimum Gasteiger partial charge on any atom is -0.494 e. The number of nitrogens with zero attached hydrogens (tertiary/aromatic N) is 1. The smallest absolute Gasteiger partial charge is 0.244 e. The monoisotopic (exact) mass is 288 g/mol. The van der Waals surface area contributed by atoms with Crippen LogP contribution in [-0.4, -0.2) is 29.5 Å². The lowest BCUT2D eigenvalue weighted by Crippen LogP contribution is -2.32. The third-order valence-corrected chi connectivity index (χ3v) is 4.28. The summed E-state index contributed by atoms with van der Waals surface area (Å²) in [6, 6.07) is 8.14. The number of nitrogens with one attached hydrogen (secondary N) is 1. The quantitative estimate of drug-likeness (QED) is 0.875. The van der Waals surface area contributed by atoms with E-state index in [1.165, 1.54) is 0 Å². The zero-order valence-electron chi connectivity index (χ0n) is 12.9. The molecule has 0 aromatic heterocycles. The minimum atomic E-state index is -0.253. The van der Waals surface area contributed by atoms with Gasteiger partial charge in [0.25, 0.3) is 0 Å². The Morgan fingerprint density at radius 1 is 1.24 bits per heavy atom. The van der Waals surface area contributed by atoms with Crippen molar-refractivity contribution >= 4 is 5.91 Å². The molecule has 0 radical (unpaired) electrons. The van der Waals surface area contributed by atoms with Crippen molar-refractivity contribution < 1.29 is 9.53 Å². The number of carbonyl (C=O) groups excluding carboxylic acids is 1. The molecule has 1 aliphatic heterocycles. The van der Waals surface area contributed by atoms with Crippen LogP contribution in [0.4, 0.5) is 0 Å². The fourth-order valence-corrected chi connectivity index (χ4v) is 2.98. The average molecular weight is 288 g/mol. The van der Waals surface area contributed by atoms with Gasteiger partial charge in [-0.3, -0.25) is 10.1 Å². The summed E-state index contributed by atoms with van der Waals surface area (Å²) in [6.07, 6.45) is 3.95. The lowest BCUT2D eigenvalue weighted by molar-refractivity contribution is -0.130. The second-order valence-corrected chi connectivity index (χ2v) is 6.05. The van der Waals surface area contributed by atoms with Crippen molar-refractivity contribution in [3.63, 3.8) is 0 Å². The molecule has 4 heteroatoms. The SMILES string of the molecule is CCCOc1ccc(C2NC3(CC3)C(=O)N2CCC)cc1. The summed E-state index contributed by atoms with van der Waals surface area (Å²) < 4.78 is 5.62. The summed E-state index contributed by atoms with van der Waals surface area (Å²) in [4.78, 5) is 14.5. The first-order valence-corrected chi connectivity index (χ1v) is 8.01. The summed E-state index contributed by atoms with van der Waals surface area (Å²) in [6.45, 7) is 5.76. The van der Waals surface area contributed by atoms with Gasteiger partial charge < -0.3 is 9.64 Å². The topological polar surface area (TPSA) is 41.6 Å². The second-order valence-electron chi connectivity index (χ2n) is 6.05. The first kappa shape index (κ1) is 14.4. The van der Waals surface area contributed by atoms with Crippen molar-refractivity contribution in [3.8, 4) is 5.75 Å². The van der Waals surface area contributed by atoms with E-state index in [0.717, 1.165) is 50.1 Å². The number of hydrogen-bond donors (Lipinski definition) is 1. The Morgan fingerprint density at radius 3 is 2.52 bits per heavy atom. The van der Waals surface area contributed by atoms with Crippen LogP contribution in [-0.2, 0) is 4.79 Å². The molecule has 1 atom stereocenters. The molecule has 1 spiro atoms. The van der Waals surface area contributed by atoms with Gasteiger partial charge in [-0.2, -0.15) is 0 Å². The molecule has 0 bridgehead atoms. The molecule has 4 nitrogen and oxygen atoms in total. The van der Waals surface area contributed by atoms with Crippen LogP contribution in [0, 0.1) is 0 Å². The van der Waals surface area contributed by atoms with E-state index in [2.05, 4.69) is 31.3 Å². The largest absolute Gasteiger partial charge is 0.494 e. The maximum absolute atomic E-state index is 12.5. The van der Waals surface area contributed by atoms with E-state index in [-0.39, 0.29) is 17.6 Å². The van der Waals surface area contributed by atoms with Crippen LogP contribution in [0.25, 0.3) is 0 Å². The Kier molecular flexibility index (Phi) is 3.89. The number of carbonyl (C=O) groups is 1. The van der Waals surface area contributed by atoms with Crippen LogP contribution >= 0.6 is 0 Å². The van der Waals surface area contributed by atoms with E-state index >= 15 is 0 Å². The van der Waals surface area contributed by atoms with Gasteiger partial charge in [0.2, 0.25) is 5.91 Å². The molecule has 2 aliphatic rings. The molecule has 1 aromatic carbocycles. The van der Waals surface area contributed by atoms with Crippen LogP contribution in [0.2, 0.25) is 0 Å². The van der Waals surface area contributed by atoms with E-state index in [1.807, 2.05) is 17.0 Å². The first-order chi connectivity index (χ1) is 10.2. The average Bonchev–Trinajstić information content (AvgIpc) is 3.24. The van der Waals surface area contributed by atoms with E-state index in [4.69, 9.17) is 4.74 Å². The maximum Gasteiger partial charge on any atom is 0.244 e. The Bertz CT molecular complexity index is 508. The van der Waals surface area contributed by atoms with Crippen molar-refractivity contribution in [2.24, 2.45) is 0 Å². The highest BCUT2D eigenvalue weighted by Crippen LogP contribution is 2.46. The summed E-state index contributed by atoms with van der Waals surface area (Å²) in [5.74, 6) is 1.17. The Hall–Kier alpha value is -1.55. The normalized spacial score (nSPS) is 22.9. The van der Waals surface area contributed by atoms with Gasteiger partial charge in [-0.25, -0.2) is 0 Å². The third kappa shape index (κ3) is 2.64. The van der Waals surface area contributed by atoms with Crippen LogP contribution < -0.4 is 10.1 Å². The van der Waals surface area contributed by atoms with Gasteiger partial charge in [-0.1, -0.05) is 26.0 Å². The predicted molar refractivity (Wildman–Crippen MR) is 82.1 cm³/mol. The van der Waals surface area contributed by atoms with Crippen molar-refractivity contribution in [2.45, 2.75) is 51.2 Å². The summed E-state index contributed by atoms with van der Waals surface area (Å²) in [5.41, 5.74) is 0.890. The molecule has 3 rings (SSSR count). The van der Waals surface area contributed by atoms with Crippen molar-refractivity contribution in [2.75, 3.05) is 13.2 Å². The highest BCUT2D eigenvalue weighted by Gasteiger charge is 2.59. The van der Waals surface area contributed by atoms with Crippen LogP contribution in [0.3, 0.4) is 0 Å². The van der Waals surface area contributed by atoms with Gasteiger partial charge in [0.1, 0.15) is 17.5 Å². The standard InChI is InChI=1S/C17H24N2O2/c1-3-11-19-15(18-17(9-10-17)16(19)20)13-5-7-14(8-6-13)21-12-4-2/h5-8,15,18H,3-4,9-12H2,1-2H3.